The third kappa shape index (κ3) is 4.06. The predicted octanol–water partition coefficient (Wildman–Crippen LogP) is 3.47. The summed E-state index contributed by atoms with van der Waals surface area (Å²) in [6.45, 7) is 7.05. The highest BCUT2D eigenvalue weighted by Crippen LogP contribution is 2.35. The SMILES string of the molecule is CCCCCC(NN)C1CCC(C)C(C)C1. The molecule has 0 bridgehead atoms. The van der Waals surface area contributed by atoms with Crippen LogP contribution in [0.4, 0.5) is 0 Å². The normalized spacial score (nSPS) is 32.6. The Hall–Kier alpha value is -0.0800. The summed E-state index contributed by atoms with van der Waals surface area (Å²) in [7, 11) is 0. The highest BCUT2D eigenvalue weighted by molar-refractivity contribution is 4.82. The maximum atomic E-state index is 5.72. The Morgan fingerprint density at radius 2 is 1.94 bits per heavy atom. The Morgan fingerprint density at radius 1 is 1.19 bits per heavy atom. The molecule has 96 valence electrons. The van der Waals surface area contributed by atoms with Gasteiger partial charge in [0, 0.05) is 6.04 Å². The molecule has 0 aliphatic heterocycles. The van der Waals surface area contributed by atoms with Crippen molar-refractivity contribution in [2.75, 3.05) is 0 Å². The molecular weight excluding hydrogens is 196 g/mol. The first-order valence-corrected chi connectivity index (χ1v) is 7.15. The van der Waals surface area contributed by atoms with Crippen LogP contribution in [-0.2, 0) is 0 Å². The number of hydrogen-bond acceptors (Lipinski definition) is 2. The molecule has 0 aromatic heterocycles. The fourth-order valence-corrected chi connectivity index (χ4v) is 3.02. The van der Waals surface area contributed by atoms with E-state index in [9.17, 15) is 0 Å². The Bertz CT molecular complexity index is 182. The van der Waals surface area contributed by atoms with Gasteiger partial charge in [0.2, 0.25) is 0 Å². The smallest absolute Gasteiger partial charge is 0.0238 e. The topological polar surface area (TPSA) is 38.0 Å². The Balaban J connectivity index is 2.34. The molecule has 1 saturated carbocycles. The van der Waals surface area contributed by atoms with Crippen molar-refractivity contribution in [2.24, 2.45) is 23.6 Å². The van der Waals surface area contributed by atoms with Crippen molar-refractivity contribution in [2.45, 2.75) is 71.8 Å². The molecule has 0 amide bonds. The summed E-state index contributed by atoms with van der Waals surface area (Å²) in [5.74, 6) is 8.31. The molecule has 2 nitrogen and oxygen atoms in total. The summed E-state index contributed by atoms with van der Waals surface area (Å²) in [5, 5.41) is 0. The van der Waals surface area contributed by atoms with E-state index in [1.54, 1.807) is 0 Å². The maximum Gasteiger partial charge on any atom is 0.0238 e. The molecular formula is C14H30N2. The van der Waals surface area contributed by atoms with Crippen LogP contribution in [0.3, 0.4) is 0 Å². The van der Waals surface area contributed by atoms with E-state index in [-0.39, 0.29) is 0 Å². The van der Waals surface area contributed by atoms with Gasteiger partial charge >= 0.3 is 0 Å². The Kier molecular flexibility index (Phi) is 6.37. The van der Waals surface area contributed by atoms with Crippen LogP contribution in [-0.4, -0.2) is 6.04 Å². The van der Waals surface area contributed by atoms with Crippen LogP contribution in [0.15, 0.2) is 0 Å². The molecule has 1 fully saturated rings. The molecule has 0 spiro atoms. The van der Waals surface area contributed by atoms with E-state index in [0.717, 1.165) is 17.8 Å². The number of nitrogens with one attached hydrogen (secondary N) is 1. The zero-order chi connectivity index (χ0) is 12.0. The van der Waals surface area contributed by atoms with Crippen molar-refractivity contribution in [3.8, 4) is 0 Å². The second-order valence-corrected chi connectivity index (χ2v) is 5.80. The van der Waals surface area contributed by atoms with Crippen LogP contribution in [0, 0.1) is 17.8 Å². The van der Waals surface area contributed by atoms with Crippen LogP contribution in [0.1, 0.15) is 65.7 Å². The molecule has 0 heterocycles. The summed E-state index contributed by atoms with van der Waals surface area (Å²) in [4.78, 5) is 0. The number of nitrogens with two attached hydrogens (primary N) is 1. The first-order valence-electron chi connectivity index (χ1n) is 7.15. The molecule has 3 N–H and O–H groups in total. The number of rotatable bonds is 6. The minimum absolute atomic E-state index is 0.557. The van der Waals surface area contributed by atoms with E-state index in [1.807, 2.05) is 0 Å². The number of hydrazine groups is 1. The number of unbranched alkanes of at least 4 members (excludes halogenated alkanes) is 2. The third-order valence-electron chi connectivity index (χ3n) is 4.54. The molecule has 1 rings (SSSR count). The van der Waals surface area contributed by atoms with Gasteiger partial charge in [-0.2, -0.15) is 0 Å². The van der Waals surface area contributed by atoms with E-state index in [2.05, 4.69) is 26.2 Å². The Morgan fingerprint density at radius 3 is 2.50 bits per heavy atom. The van der Waals surface area contributed by atoms with Gasteiger partial charge < -0.3 is 0 Å². The molecule has 0 aromatic rings. The van der Waals surface area contributed by atoms with Gasteiger partial charge in [-0.05, 0) is 37.0 Å². The fourth-order valence-electron chi connectivity index (χ4n) is 3.02. The van der Waals surface area contributed by atoms with Gasteiger partial charge in [0.15, 0.2) is 0 Å². The van der Waals surface area contributed by atoms with E-state index >= 15 is 0 Å². The molecule has 4 unspecified atom stereocenters. The van der Waals surface area contributed by atoms with Crippen molar-refractivity contribution in [1.29, 1.82) is 0 Å². The first kappa shape index (κ1) is 14.0. The predicted molar refractivity (Wildman–Crippen MR) is 70.9 cm³/mol. The van der Waals surface area contributed by atoms with E-state index in [4.69, 9.17) is 5.84 Å². The fraction of sp³-hybridized carbons (Fsp3) is 1.00. The van der Waals surface area contributed by atoms with Gasteiger partial charge in [-0.25, -0.2) is 0 Å². The lowest BCUT2D eigenvalue weighted by molar-refractivity contribution is 0.165. The molecule has 0 aromatic carbocycles. The third-order valence-corrected chi connectivity index (χ3v) is 4.54. The van der Waals surface area contributed by atoms with E-state index in [0.29, 0.717) is 6.04 Å². The molecule has 16 heavy (non-hydrogen) atoms. The quantitative estimate of drug-likeness (QED) is 0.413. The van der Waals surface area contributed by atoms with Crippen molar-refractivity contribution >= 4 is 0 Å². The molecule has 2 heteroatoms. The monoisotopic (exact) mass is 226 g/mol. The summed E-state index contributed by atoms with van der Waals surface area (Å²) < 4.78 is 0. The average molecular weight is 226 g/mol. The lowest BCUT2D eigenvalue weighted by Crippen LogP contribution is -2.43. The van der Waals surface area contributed by atoms with Crippen molar-refractivity contribution in [3.63, 3.8) is 0 Å². The van der Waals surface area contributed by atoms with Crippen molar-refractivity contribution in [1.82, 2.24) is 5.43 Å². The van der Waals surface area contributed by atoms with Crippen LogP contribution < -0.4 is 11.3 Å². The van der Waals surface area contributed by atoms with Gasteiger partial charge in [0.25, 0.3) is 0 Å². The molecule has 0 radical (unpaired) electrons. The lowest BCUT2D eigenvalue weighted by atomic mass is 9.72. The van der Waals surface area contributed by atoms with Crippen LogP contribution >= 0.6 is 0 Å². The van der Waals surface area contributed by atoms with Gasteiger partial charge in [0.1, 0.15) is 0 Å². The first-order chi connectivity index (χ1) is 7.69. The minimum Gasteiger partial charge on any atom is -0.271 e. The summed E-state index contributed by atoms with van der Waals surface area (Å²) in [5.41, 5.74) is 3.07. The Labute approximate surface area is 101 Å². The zero-order valence-corrected chi connectivity index (χ0v) is 11.3. The molecule has 1 aliphatic carbocycles. The van der Waals surface area contributed by atoms with Gasteiger partial charge in [-0.15, -0.1) is 0 Å². The molecule has 0 saturated heterocycles. The van der Waals surface area contributed by atoms with Gasteiger partial charge in [-0.1, -0.05) is 46.5 Å². The molecule has 1 aliphatic rings. The van der Waals surface area contributed by atoms with Gasteiger partial charge in [-0.3, -0.25) is 11.3 Å². The van der Waals surface area contributed by atoms with Crippen LogP contribution in [0.25, 0.3) is 0 Å². The van der Waals surface area contributed by atoms with Crippen molar-refractivity contribution < 1.29 is 0 Å². The zero-order valence-electron chi connectivity index (χ0n) is 11.3. The largest absolute Gasteiger partial charge is 0.271 e. The highest BCUT2D eigenvalue weighted by Gasteiger charge is 2.29. The minimum atomic E-state index is 0.557. The van der Waals surface area contributed by atoms with Crippen LogP contribution in [0.5, 0.6) is 0 Å². The molecule has 4 atom stereocenters. The number of hydrogen-bond donors (Lipinski definition) is 2. The van der Waals surface area contributed by atoms with Crippen LogP contribution in [0.2, 0.25) is 0 Å². The second-order valence-electron chi connectivity index (χ2n) is 5.80. The summed E-state index contributed by atoms with van der Waals surface area (Å²) in [6, 6.07) is 0.557. The standard InChI is InChI=1S/C14H30N2/c1-4-5-6-7-14(16-15)13-9-8-11(2)12(3)10-13/h11-14,16H,4-10,15H2,1-3H3. The van der Waals surface area contributed by atoms with Gasteiger partial charge in [0.05, 0.1) is 0 Å². The van der Waals surface area contributed by atoms with Crippen molar-refractivity contribution in [3.05, 3.63) is 0 Å². The average Bonchev–Trinajstić information content (AvgIpc) is 2.29. The highest BCUT2D eigenvalue weighted by atomic mass is 15.2. The summed E-state index contributed by atoms with van der Waals surface area (Å²) in [6.07, 6.45) is 9.35. The maximum absolute atomic E-state index is 5.72. The van der Waals surface area contributed by atoms with E-state index in [1.165, 1.54) is 44.9 Å². The lowest BCUT2D eigenvalue weighted by Gasteiger charge is -2.36. The summed E-state index contributed by atoms with van der Waals surface area (Å²) >= 11 is 0. The van der Waals surface area contributed by atoms with E-state index < -0.39 is 0 Å². The second kappa shape index (κ2) is 7.29.